The summed E-state index contributed by atoms with van der Waals surface area (Å²) in [4.78, 5) is 39.1. The molecule has 0 bridgehead atoms. The van der Waals surface area contributed by atoms with E-state index >= 15 is 0 Å². The monoisotopic (exact) mass is 478 g/mol. The number of alkyl carbamates (subject to hydrolysis) is 1. The minimum Gasteiger partial charge on any atom is -0.479 e. The number of nitrogens with zero attached hydrogens (tertiary/aromatic N) is 1. The van der Waals surface area contributed by atoms with Gasteiger partial charge in [-0.2, -0.15) is 0 Å². The molecule has 8 heteroatoms. The van der Waals surface area contributed by atoms with Crippen molar-refractivity contribution in [2.75, 3.05) is 32.8 Å². The van der Waals surface area contributed by atoms with Gasteiger partial charge in [0, 0.05) is 31.5 Å². The van der Waals surface area contributed by atoms with Crippen molar-refractivity contribution in [1.29, 1.82) is 0 Å². The Kier molecular flexibility index (Phi) is 5.79. The predicted molar refractivity (Wildman–Crippen MR) is 128 cm³/mol. The fourth-order valence-corrected chi connectivity index (χ4v) is 5.67. The molecule has 0 aromatic heterocycles. The third-order valence-corrected chi connectivity index (χ3v) is 7.60. The van der Waals surface area contributed by atoms with Crippen molar-refractivity contribution < 1.29 is 29.0 Å². The average molecular weight is 479 g/mol. The van der Waals surface area contributed by atoms with Crippen LogP contribution in [-0.2, 0) is 19.1 Å². The first-order chi connectivity index (χ1) is 16.7. The molecule has 2 aromatic rings. The van der Waals surface area contributed by atoms with Crippen molar-refractivity contribution in [3.8, 4) is 11.1 Å². The highest BCUT2D eigenvalue weighted by molar-refractivity contribution is 5.86. The van der Waals surface area contributed by atoms with Gasteiger partial charge in [0.1, 0.15) is 6.61 Å². The number of hydrogen-bond acceptors (Lipinski definition) is 5. The molecule has 2 fully saturated rings. The minimum absolute atomic E-state index is 0.0280. The van der Waals surface area contributed by atoms with Crippen LogP contribution in [0.3, 0.4) is 0 Å². The maximum absolute atomic E-state index is 13.2. The van der Waals surface area contributed by atoms with Gasteiger partial charge in [-0.05, 0) is 42.5 Å². The standard InChI is InChI=1S/C27H30N2O6/c1-26(2,23(30)29-13-17-11-12-35-27(17,16-29)24(31)32)15-28-25(33)34-14-22-20-9-5-3-7-18(20)19-8-4-6-10-21(19)22/h3-10,17,22H,11-16H2,1-2H3,(H,28,33)(H,31,32). The lowest BCUT2D eigenvalue weighted by Gasteiger charge is -2.30. The summed E-state index contributed by atoms with van der Waals surface area (Å²) in [5.74, 6) is -1.49. The number of hydrogen-bond donors (Lipinski definition) is 2. The summed E-state index contributed by atoms with van der Waals surface area (Å²) >= 11 is 0. The molecular formula is C27H30N2O6. The number of likely N-dealkylation sites (tertiary alicyclic amines) is 1. The first-order valence-corrected chi connectivity index (χ1v) is 12.0. The van der Waals surface area contributed by atoms with Gasteiger partial charge in [0.25, 0.3) is 0 Å². The first-order valence-electron chi connectivity index (χ1n) is 12.0. The van der Waals surface area contributed by atoms with E-state index < -0.39 is 23.1 Å². The highest BCUT2D eigenvalue weighted by Gasteiger charge is 2.58. The molecule has 0 saturated carbocycles. The van der Waals surface area contributed by atoms with Crippen molar-refractivity contribution >= 4 is 18.0 Å². The third kappa shape index (κ3) is 3.95. The Hall–Kier alpha value is -3.39. The summed E-state index contributed by atoms with van der Waals surface area (Å²) in [6.07, 6.45) is 0.0329. The number of nitrogens with one attached hydrogen (secondary N) is 1. The number of benzene rings is 2. The Morgan fingerprint density at radius 1 is 1.11 bits per heavy atom. The third-order valence-electron chi connectivity index (χ3n) is 7.60. The van der Waals surface area contributed by atoms with Crippen LogP contribution >= 0.6 is 0 Å². The molecule has 8 nitrogen and oxygen atoms in total. The Morgan fingerprint density at radius 2 is 1.74 bits per heavy atom. The number of rotatable bonds is 6. The number of carboxylic acids is 1. The van der Waals surface area contributed by atoms with Gasteiger partial charge in [-0.25, -0.2) is 9.59 Å². The summed E-state index contributed by atoms with van der Waals surface area (Å²) in [5, 5.41) is 12.4. The van der Waals surface area contributed by atoms with Crippen molar-refractivity contribution in [1.82, 2.24) is 10.2 Å². The van der Waals surface area contributed by atoms with Crippen LogP contribution in [0.1, 0.15) is 37.3 Å². The molecule has 2 aliphatic heterocycles. The van der Waals surface area contributed by atoms with E-state index in [1.54, 1.807) is 18.7 Å². The SMILES string of the molecule is CC(C)(CNC(=O)OCC1c2ccccc2-c2ccccc21)C(=O)N1CC2CCOC2(C(=O)O)C1. The Labute approximate surface area is 204 Å². The van der Waals surface area contributed by atoms with E-state index in [2.05, 4.69) is 29.6 Å². The highest BCUT2D eigenvalue weighted by atomic mass is 16.5. The zero-order chi connectivity index (χ0) is 24.8. The van der Waals surface area contributed by atoms with E-state index in [4.69, 9.17) is 9.47 Å². The second-order valence-corrected chi connectivity index (χ2v) is 10.3. The number of carbonyl (C=O) groups is 3. The van der Waals surface area contributed by atoms with Crippen LogP contribution in [0.2, 0.25) is 0 Å². The molecule has 2 amide bonds. The molecule has 35 heavy (non-hydrogen) atoms. The molecule has 1 aliphatic carbocycles. The van der Waals surface area contributed by atoms with Crippen molar-refractivity contribution in [2.24, 2.45) is 11.3 Å². The largest absolute Gasteiger partial charge is 0.479 e. The molecule has 2 heterocycles. The molecule has 0 radical (unpaired) electrons. The molecule has 0 spiro atoms. The number of aliphatic carboxylic acids is 1. The summed E-state index contributed by atoms with van der Waals surface area (Å²) in [5.41, 5.74) is 2.33. The normalized spacial score (nSPS) is 22.9. The van der Waals surface area contributed by atoms with E-state index in [1.165, 1.54) is 0 Å². The van der Waals surface area contributed by atoms with Crippen molar-refractivity contribution in [3.05, 3.63) is 59.7 Å². The smallest absolute Gasteiger partial charge is 0.407 e. The van der Waals surface area contributed by atoms with Gasteiger partial charge >= 0.3 is 12.1 Å². The van der Waals surface area contributed by atoms with Crippen LogP contribution in [0.15, 0.2) is 48.5 Å². The van der Waals surface area contributed by atoms with Gasteiger partial charge in [-0.3, -0.25) is 4.79 Å². The average Bonchev–Trinajstić information content (AvgIpc) is 3.51. The highest BCUT2D eigenvalue weighted by Crippen LogP contribution is 2.44. The van der Waals surface area contributed by atoms with Crippen LogP contribution in [0, 0.1) is 11.3 Å². The Morgan fingerprint density at radius 3 is 2.34 bits per heavy atom. The van der Waals surface area contributed by atoms with E-state index in [0.717, 1.165) is 22.3 Å². The number of fused-ring (bicyclic) bond motifs is 4. The van der Waals surface area contributed by atoms with Gasteiger partial charge in [0.2, 0.25) is 5.91 Å². The number of carboxylic acid groups (broad SMARTS) is 1. The summed E-state index contributed by atoms with van der Waals surface area (Å²) in [6.45, 7) is 4.51. The van der Waals surface area contributed by atoms with Gasteiger partial charge in [-0.1, -0.05) is 48.5 Å². The van der Waals surface area contributed by atoms with Gasteiger partial charge in [-0.15, -0.1) is 0 Å². The molecule has 2 unspecified atom stereocenters. The Balaban J connectivity index is 1.18. The fraction of sp³-hybridized carbons (Fsp3) is 0.444. The summed E-state index contributed by atoms with van der Waals surface area (Å²) < 4.78 is 11.1. The van der Waals surface area contributed by atoms with Crippen LogP contribution in [-0.4, -0.2) is 66.4 Å². The zero-order valence-electron chi connectivity index (χ0n) is 20.0. The van der Waals surface area contributed by atoms with Crippen LogP contribution < -0.4 is 5.32 Å². The van der Waals surface area contributed by atoms with E-state index in [9.17, 15) is 19.5 Å². The summed E-state index contributed by atoms with van der Waals surface area (Å²) in [7, 11) is 0. The lowest BCUT2D eigenvalue weighted by molar-refractivity contribution is -0.161. The van der Waals surface area contributed by atoms with Crippen LogP contribution in [0.25, 0.3) is 11.1 Å². The van der Waals surface area contributed by atoms with Crippen LogP contribution in [0.4, 0.5) is 4.79 Å². The maximum Gasteiger partial charge on any atom is 0.407 e. The van der Waals surface area contributed by atoms with E-state index in [0.29, 0.717) is 19.6 Å². The minimum atomic E-state index is -1.31. The lowest BCUT2D eigenvalue weighted by Crippen LogP contribution is -2.49. The quantitative estimate of drug-likeness (QED) is 0.660. The molecule has 2 N–H and O–H groups in total. The zero-order valence-corrected chi connectivity index (χ0v) is 20.0. The number of ether oxygens (including phenoxy) is 2. The molecule has 3 aliphatic rings. The lowest BCUT2D eigenvalue weighted by atomic mass is 9.91. The Bertz CT molecular complexity index is 1130. The van der Waals surface area contributed by atoms with Crippen LogP contribution in [0.5, 0.6) is 0 Å². The maximum atomic E-state index is 13.2. The molecule has 5 rings (SSSR count). The first kappa shape index (κ1) is 23.4. The topological polar surface area (TPSA) is 105 Å². The van der Waals surface area contributed by atoms with Crippen molar-refractivity contribution in [3.63, 3.8) is 0 Å². The van der Waals surface area contributed by atoms with Crippen molar-refractivity contribution in [2.45, 2.75) is 31.8 Å². The van der Waals surface area contributed by atoms with E-state index in [-0.39, 0.29) is 37.4 Å². The van der Waals surface area contributed by atoms with Gasteiger partial charge in [0.05, 0.1) is 12.0 Å². The number of carbonyl (C=O) groups excluding carboxylic acids is 2. The molecule has 2 atom stereocenters. The van der Waals surface area contributed by atoms with Gasteiger partial charge < -0.3 is 24.8 Å². The summed E-state index contributed by atoms with van der Waals surface area (Å²) in [6, 6.07) is 16.2. The molecule has 2 saturated heterocycles. The second-order valence-electron chi connectivity index (χ2n) is 10.3. The molecule has 184 valence electrons. The fourth-order valence-electron chi connectivity index (χ4n) is 5.67. The van der Waals surface area contributed by atoms with Gasteiger partial charge in [0.15, 0.2) is 5.60 Å². The second kappa shape index (κ2) is 8.68. The molecular weight excluding hydrogens is 448 g/mol. The van der Waals surface area contributed by atoms with E-state index in [1.807, 2.05) is 24.3 Å². The molecule has 2 aromatic carbocycles. The number of amides is 2. The predicted octanol–water partition coefficient (Wildman–Crippen LogP) is 3.25.